The zero-order chi connectivity index (χ0) is 13.1. The van der Waals surface area contributed by atoms with Crippen molar-refractivity contribution in [2.45, 2.75) is 25.3 Å². The van der Waals surface area contributed by atoms with E-state index >= 15 is 0 Å². The van der Waals surface area contributed by atoms with Crippen LogP contribution < -0.4 is 0 Å². The molecular formula is C12H14BrNO4. The lowest BCUT2D eigenvalue weighted by atomic mass is 10.0. The van der Waals surface area contributed by atoms with E-state index in [9.17, 15) is 9.59 Å². The van der Waals surface area contributed by atoms with Crippen LogP contribution in [0.25, 0.3) is 0 Å². The summed E-state index contributed by atoms with van der Waals surface area (Å²) in [5.41, 5.74) is 0.436. The molecule has 0 aromatic carbocycles. The van der Waals surface area contributed by atoms with E-state index < -0.39 is 6.04 Å². The first-order chi connectivity index (χ1) is 8.65. The second-order valence-corrected chi connectivity index (χ2v) is 4.86. The predicted octanol–water partition coefficient (Wildman–Crippen LogP) is 2.21. The van der Waals surface area contributed by atoms with Crippen LogP contribution in [0.15, 0.2) is 21.4 Å². The third kappa shape index (κ3) is 2.43. The van der Waals surface area contributed by atoms with Crippen molar-refractivity contribution in [3.63, 3.8) is 0 Å². The summed E-state index contributed by atoms with van der Waals surface area (Å²) < 4.78 is 10.2. The molecule has 6 heteroatoms. The maximum Gasteiger partial charge on any atom is 0.328 e. The molecule has 0 spiro atoms. The van der Waals surface area contributed by atoms with Crippen molar-refractivity contribution in [3.05, 3.63) is 22.6 Å². The van der Waals surface area contributed by atoms with Gasteiger partial charge in [0, 0.05) is 6.54 Å². The summed E-state index contributed by atoms with van der Waals surface area (Å²) in [6, 6.07) is 1.10. The normalized spacial score (nSPS) is 19.7. The third-order valence-electron chi connectivity index (χ3n) is 3.09. The first-order valence-electron chi connectivity index (χ1n) is 5.77. The summed E-state index contributed by atoms with van der Waals surface area (Å²) in [5.74, 6) is -0.562. The van der Waals surface area contributed by atoms with E-state index in [0.717, 1.165) is 12.8 Å². The molecule has 2 heterocycles. The summed E-state index contributed by atoms with van der Waals surface area (Å²) in [6.45, 7) is 0.566. The van der Waals surface area contributed by atoms with Gasteiger partial charge in [0.05, 0.1) is 18.9 Å². The van der Waals surface area contributed by atoms with Crippen molar-refractivity contribution >= 4 is 27.8 Å². The van der Waals surface area contributed by atoms with Crippen LogP contribution in [0.1, 0.15) is 29.6 Å². The van der Waals surface area contributed by atoms with Crippen LogP contribution in [0.4, 0.5) is 0 Å². The van der Waals surface area contributed by atoms with Crippen LogP contribution in [-0.4, -0.2) is 36.5 Å². The molecule has 1 saturated heterocycles. The first-order valence-corrected chi connectivity index (χ1v) is 6.56. The monoisotopic (exact) mass is 315 g/mol. The van der Waals surface area contributed by atoms with Gasteiger partial charge in [-0.15, -0.1) is 0 Å². The lowest BCUT2D eigenvalue weighted by Gasteiger charge is -2.33. The number of halogens is 1. The summed E-state index contributed by atoms with van der Waals surface area (Å²) in [7, 11) is 1.34. The molecule has 1 atom stereocenters. The second kappa shape index (κ2) is 5.56. The minimum absolute atomic E-state index is 0.203. The molecule has 1 aromatic heterocycles. The van der Waals surface area contributed by atoms with Gasteiger partial charge in [0.25, 0.3) is 5.91 Å². The highest BCUT2D eigenvalue weighted by Crippen LogP contribution is 2.24. The highest BCUT2D eigenvalue weighted by Gasteiger charge is 2.34. The molecule has 1 fully saturated rings. The fourth-order valence-electron chi connectivity index (χ4n) is 2.16. The first kappa shape index (κ1) is 13.1. The molecule has 1 aliphatic rings. The molecule has 18 heavy (non-hydrogen) atoms. The van der Waals surface area contributed by atoms with Crippen LogP contribution in [0, 0.1) is 0 Å². The quantitative estimate of drug-likeness (QED) is 0.785. The molecule has 98 valence electrons. The highest BCUT2D eigenvalue weighted by atomic mass is 79.9. The number of rotatable bonds is 2. The average Bonchev–Trinajstić information content (AvgIpc) is 2.83. The number of amides is 1. The maximum absolute atomic E-state index is 12.3. The summed E-state index contributed by atoms with van der Waals surface area (Å²) in [5, 5.41) is 0. The summed E-state index contributed by atoms with van der Waals surface area (Å²) in [6.07, 6.45) is 3.91. The van der Waals surface area contributed by atoms with E-state index in [1.165, 1.54) is 13.4 Å². The van der Waals surface area contributed by atoms with Crippen molar-refractivity contribution in [2.75, 3.05) is 13.7 Å². The summed E-state index contributed by atoms with van der Waals surface area (Å²) >= 11 is 3.18. The van der Waals surface area contributed by atoms with Crippen LogP contribution in [-0.2, 0) is 9.53 Å². The van der Waals surface area contributed by atoms with Crippen molar-refractivity contribution in [1.82, 2.24) is 4.90 Å². The topological polar surface area (TPSA) is 59.8 Å². The molecule has 0 radical (unpaired) electrons. The van der Waals surface area contributed by atoms with E-state index in [2.05, 4.69) is 15.9 Å². The van der Waals surface area contributed by atoms with Gasteiger partial charge in [-0.05, 0) is 41.3 Å². The van der Waals surface area contributed by atoms with E-state index in [-0.39, 0.29) is 11.9 Å². The minimum Gasteiger partial charge on any atom is -0.467 e. The molecule has 0 aliphatic carbocycles. The molecule has 0 N–H and O–H groups in total. The van der Waals surface area contributed by atoms with Crippen molar-refractivity contribution in [1.29, 1.82) is 0 Å². The predicted molar refractivity (Wildman–Crippen MR) is 67.1 cm³/mol. The number of esters is 1. The van der Waals surface area contributed by atoms with Crippen LogP contribution in [0.5, 0.6) is 0 Å². The van der Waals surface area contributed by atoms with Gasteiger partial charge in [0.2, 0.25) is 0 Å². The number of likely N-dealkylation sites (tertiary alicyclic amines) is 1. The van der Waals surface area contributed by atoms with Gasteiger partial charge in [-0.3, -0.25) is 4.79 Å². The van der Waals surface area contributed by atoms with Gasteiger partial charge in [-0.1, -0.05) is 0 Å². The van der Waals surface area contributed by atoms with E-state index in [4.69, 9.17) is 9.15 Å². The van der Waals surface area contributed by atoms with Crippen molar-refractivity contribution in [2.24, 2.45) is 0 Å². The number of ether oxygens (including phenoxy) is 1. The molecule has 1 aliphatic heterocycles. The van der Waals surface area contributed by atoms with E-state index in [1.54, 1.807) is 11.0 Å². The number of hydrogen-bond acceptors (Lipinski definition) is 4. The molecule has 0 bridgehead atoms. The Morgan fingerprint density at radius 2 is 2.28 bits per heavy atom. The number of carbonyl (C=O) groups is 2. The van der Waals surface area contributed by atoms with Crippen LogP contribution in [0.2, 0.25) is 0 Å². The molecule has 5 nitrogen and oxygen atoms in total. The van der Waals surface area contributed by atoms with Crippen molar-refractivity contribution in [3.8, 4) is 0 Å². The Kier molecular flexibility index (Phi) is 4.06. The summed E-state index contributed by atoms with van der Waals surface area (Å²) in [4.78, 5) is 25.6. The van der Waals surface area contributed by atoms with Crippen molar-refractivity contribution < 1.29 is 18.7 Å². The van der Waals surface area contributed by atoms with Crippen LogP contribution in [0.3, 0.4) is 0 Å². The Hall–Kier alpha value is -1.30. The number of piperidine rings is 1. The smallest absolute Gasteiger partial charge is 0.328 e. The Bertz CT molecular complexity index is 457. The third-order valence-corrected chi connectivity index (χ3v) is 3.70. The largest absolute Gasteiger partial charge is 0.467 e. The number of methoxy groups -OCH3 is 1. The van der Waals surface area contributed by atoms with Gasteiger partial charge < -0.3 is 14.1 Å². The van der Waals surface area contributed by atoms with E-state index in [0.29, 0.717) is 23.2 Å². The molecule has 0 saturated carbocycles. The molecule has 1 aromatic rings. The highest BCUT2D eigenvalue weighted by molar-refractivity contribution is 9.10. The Balaban J connectivity index is 2.21. The molecule has 1 unspecified atom stereocenters. The van der Waals surface area contributed by atoms with Gasteiger partial charge in [-0.25, -0.2) is 4.79 Å². The number of carbonyl (C=O) groups excluding carboxylic acids is 2. The minimum atomic E-state index is -0.488. The Labute approximate surface area is 113 Å². The number of nitrogens with zero attached hydrogens (tertiary/aromatic N) is 1. The molecular weight excluding hydrogens is 302 g/mol. The fraction of sp³-hybridized carbons (Fsp3) is 0.500. The lowest BCUT2D eigenvalue weighted by molar-refractivity contribution is -0.147. The van der Waals surface area contributed by atoms with Gasteiger partial charge >= 0.3 is 5.97 Å². The fourth-order valence-corrected chi connectivity index (χ4v) is 2.57. The van der Waals surface area contributed by atoms with Gasteiger partial charge in [0.1, 0.15) is 6.04 Å². The molecule has 2 rings (SSSR count). The SMILES string of the molecule is COC(=O)C1CCCCN1C(=O)c1ccoc1Br. The zero-order valence-corrected chi connectivity index (χ0v) is 11.6. The van der Waals surface area contributed by atoms with Crippen LogP contribution >= 0.6 is 15.9 Å². The number of hydrogen-bond donors (Lipinski definition) is 0. The average molecular weight is 316 g/mol. The van der Waals surface area contributed by atoms with Gasteiger partial charge in [-0.2, -0.15) is 0 Å². The lowest BCUT2D eigenvalue weighted by Crippen LogP contribution is -2.48. The number of furan rings is 1. The second-order valence-electron chi connectivity index (χ2n) is 4.14. The maximum atomic E-state index is 12.3. The van der Waals surface area contributed by atoms with E-state index in [1.807, 2.05) is 0 Å². The zero-order valence-electron chi connectivity index (χ0n) is 10.0. The van der Waals surface area contributed by atoms with Gasteiger partial charge in [0.15, 0.2) is 4.67 Å². The Morgan fingerprint density at radius 3 is 2.89 bits per heavy atom. The molecule has 1 amide bonds. The Morgan fingerprint density at radius 1 is 1.50 bits per heavy atom. The standard InChI is InChI=1S/C12H14BrNO4/c1-17-12(16)9-4-2-3-6-14(9)11(15)8-5-7-18-10(8)13/h5,7,9H,2-4,6H2,1H3.